The van der Waals surface area contributed by atoms with Crippen LogP contribution in [0.3, 0.4) is 0 Å². The summed E-state index contributed by atoms with van der Waals surface area (Å²) in [5.41, 5.74) is 4.53. The minimum Gasteiger partial charge on any atom is -0.306 e. The molecule has 1 N–H and O–H groups in total. The molecule has 0 saturated carbocycles. The quantitative estimate of drug-likeness (QED) is 0.577. The van der Waals surface area contributed by atoms with Crippen molar-refractivity contribution in [2.24, 2.45) is 0 Å². The van der Waals surface area contributed by atoms with E-state index in [1.807, 2.05) is 74.5 Å². The molecule has 0 aliphatic carbocycles. The third kappa shape index (κ3) is 3.86. The molecule has 0 spiro atoms. The maximum Gasteiger partial charge on any atom is 0.260 e. The molecular weight excluding hydrogens is 350 g/mol. The molecule has 2 aromatic heterocycles. The van der Waals surface area contributed by atoms with E-state index in [1.54, 1.807) is 21.8 Å². The first-order valence-electron chi connectivity index (χ1n) is 9.10. The number of carbonyl (C=O) groups is 1. The molecule has 0 atom stereocenters. The van der Waals surface area contributed by atoms with Gasteiger partial charge in [-0.1, -0.05) is 48.0 Å². The number of aromatic nitrogens is 4. The molecule has 0 bridgehead atoms. The summed E-state index contributed by atoms with van der Waals surface area (Å²) in [6, 6.07) is 19.9. The Bertz CT molecular complexity index is 1090. The summed E-state index contributed by atoms with van der Waals surface area (Å²) in [5.74, 6) is 0.412. The van der Waals surface area contributed by atoms with Crippen LogP contribution in [0.25, 0.3) is 5.69 Å². The van der Waals surface area contributed by atoms with Crippen molar-refractivity contribution >= 4 is 11.7 Å². The molecule has 6 nitrogen and oxygen atoms in total. The third-order valence-corrected chi connectivity index (χ3v) is 4.43. The van der Waals surface area contributed by atoms with Gasteiger partial charge in [-0.25, -0.2) is 4.68 Å². The molecule has 0 fully saturated rings. The number of amides is 1. The van der Waals surface area contributed by atoms with Crippen LogP contribution in [0.4, 0.5) is 5.82 Å². The topological polar surface area (TPSA) is 64.7 Å². The number of rotatable bonds is 5. The molecule has 6 heteroatoms. The van der Waals surface area contributed by atoms with E-state index in [-0.39, 0.29) is 5.91 Å². The smallest absolute Gasteiger partial charge is 0.260 e. The van der Waals surface area contributed by atoms with Crippen molar-refractivity contribution in [2.75, 3.05) is 5.32 Å². The van der Waals surface area contributed by atoms with E-state index in [9.17, 15) is 4.79 Å². The van der Waals surface area contributed by atoms with Gasteiger partial charge in [0.25, 0.3) is 5.91 Å². The van der Waals surface area contributed by atoms with Gasteiger partial charge in [0.1, 0.15) is 5.82 Å². The van der Waals surface area contributed by atoms with Crippen LogP contribution in [-0.4, -0.2) is 25.5 Å². The summed E-state index contributed by atoms with van der Waals surface area (Å²) in [6.45, 7) is 4.56. The Hall–Kier alpha value is -3.67. The SMILES string of the molecule is Cc1ccc(-n2nc(C)cc2NC(=O)c2cnn(Cc3ccccc3)c2)cc1. The summed E-state index contributed by atoms with van der Waals surface area (Å²) < 4.78 is 3.49. The fourth-order valence-electron chi connectivity index (χ4n) is 3.00. The Labute approximate surface area is 163 Å². The van der Waals surface area contributed by atoms with Crippen LogP contribution in [0, 0.1) is 13.8 Å². The fourth-order valence-corrected chi connectivity index (χ4v) is 3.00. The Morgan fingerprint density at radius 1 is 1.04 bits per heavy atom. The average Bonchev–Trinajstić information content (AvgIpc) is 3.30. The predicted molar refractivity (Wildman–Crippen MR) is 109 cm³/mol. The summed E-state index contributed by atoms with van der Waals surface area (Å²) in [6.07, 6.45) is 3.33. The van der Waals surface area contributed by atoms with Crippen LogP contribution in [-0.2, 0) is 6.54 Å². The van der Waals surface area contributed by atoms with Crippen molar-refractivity contribution in [1.82, 2.24) is 19.6 Å². The lowest BCUT2D eigenvalue weighted by atomic mass is 10.2. The highest BCUT2D eigenvalue weighted by atomic mass is 16.1. The van der Waals surface area contributed by atoms with Crippen LogP contribution in [0.1, 0.15) is 27.2 Å². The first kappa shape index (κ1) is 17.7. The molecular formula is C22H21N5O. The summed E-state index contributed by atoms with van der Waals surface area (Å²) >= 11 is 0. The van der Waals surface area contributed by atoms with Gasteiger partial charge in [0, 0.05) is 12.3 Å². The number of benzene rings is 2. The predicted octanol–water partition coefficient (Wildman–Crippen LogP) is 3.99. The lowest BCUT2D eigenvalue weighted by Crippen LogP contribution is -2.14. The van der Waals surface area contributed by atoms with E-state index >= 15 is 0 Å². The minimum absolute atomic E-state index is 0.215. The van der Waals surface area contributed by atoms with Crippen LogP contribution < -0.4 is 5.32 Å². The van der Waals surface area contributed by atoms with Crippen molar-refractivity contribution in [2.45, 2.75) is 20.4 Å². The Morgan fingerprint density at radius 2 is 1.79 bits per heavy atom. The highest BCUT2D eigenvalue weighted by Gasteiger charge is 2.14. The molecule has 28 heavy (non-hydrogen) atoms. The molecule has 4 rings (SSSR count). The van der Waals surface area contributed by atoms with Gasteiger partial charge in [0.05, 0.1) is 29.7 Å². The molecule has 0 aliphatic heterocycles. The van der Waals surface area contributed by atoms with Crippen molar-refractivity contribution in [3.63, 3.8) is 0 Å². The normalized spacial score (nSPS) is 10.8. The number of anilines is 1. The third-order valence-electron chi connectivity index (χ3n) is 4.43. The number of hydrogen-bond donors (Lipinski definition) is 1. The van der Waals surface area contributed by atoms with Crippen LogP contribution in [0.2, 0.25) is 0 Å². The van der Waals surface area contributed by atoms with Crippen molar-refractivity contribution in [3.8, 4) is 5.69 Å². The number of nitrogens with zero attached hydrogens (tertiary/aromatic N) is 4. The Balaban J connectivity index is 1.52. The maximum atomic E-state index is 12.7. The van der Waals surface area contributed by atoms with E-state index in [0.717, 1.165) is 16.9 Å². The standard InChI is InChI=1S/C22H21N5O/c1-16-8-10-20(11-9-16)27-21(12-17(2)25-27)24-22(28)19-13-23-26(15-19)14-18-6-4-3-5-7-18/h3-13,15H,14H2,1-2H3,(H,24,28). The van der Waals surface area contributed by atoms with Gasteiger partial charge in [-0.2, -0.15) is 10.2 Å². The van der Waals surface area contributed by atoms with Gasteiger partial charge in [0.2, 0.25) is 0 Å². The molecule has 0 aliphatic rings. The van der Waals surface area contributed by atoms with Gasteiger partial charge < -0.3 is 5.32 Å². The van der Waals surface area contributed by atoms with E-state index in [4.69, 9.17) is 0 Å². The average molecular weight is 371 g/mol. The second-order valence-electron chi connectivity index (χ2n) is 6.78. The largest absolute Gasteiger partial charge is 0.306 e. The van der Waals surface area contributed by atoms with Gasteiger partial charge in [0.15, 0.2) is 0 Å². The van der Waals surface area contributed by atoms with Crippen molar-refractivity contribution in [3.05, 3.63) is 95.4 Å². The van der Waals surface area contributed by atoms with Gasteiger partial charge in [-0.15, -0.1) is 0 Å². The van der Waals surface area contributed by atoms with Crippen molar-refractivity contribution < 1.29 is 4.79 Å². The van der Waals surface area contributed by atoms with Crippen LogP contribution in [0.15, 0.2) is 73.1 Å². The molecule has 0 saturated heterocycles. The summed E-state index contributed by atoms with van der Waals surface area (Å²) in [5, 5.41) is 11.7. The molecule has 2 aromatic carbocycles. The first-order valence-corrected chi connectivity index (χ1v) is 9.10. The monoisotopic (exact) mass is 371 g/mol. The number of carbonyl (C=O) groups excluding carboxylic acids is 1. The highest BCUT2D eigenvalue weighted by Crippen LogP contribution is 2.18. The highest BCUT2D eigenvalue weighted by molar-refractivity contribution is 6.03. The van der Waals surface area contributed by atoms with Gasteiger partial charge in [-0.3, -0.25) is 9.48 Å². The first-order chi connectivity index (χ1) is 13.6. The van der Waals surface area contributed by atoms with Gasteiger partial charge in [-0.05, 0) is 31.5 Å². The number of aryl methyl sites for hydroxylation is 2. The fraction of sp³-hybridized carbons (Fsp3) is 0.136. The number of nitrogens with one attached hydrogen (secondary N) is 1. The van der Waals surface area contributed by atoms with Crippen LogP contribution in [0.5, 0.6) is 0 Å². The summed E-state index contributed by atoms with van der Waals surface area (Å²) in [4.78, 5) is 12.7. The van der Waals surface area contributed by atoms with E-state index in [0.29, 0.717) is 17.9 Å². The Morgan fingerprint density at radius 3 is 2.54 bits per heavy atom. The molecule has 1 amide bonds. The lowest BCUT2D eigenvalue weighted by Gasteiger charge is -2.08. The van der Waals surface area contributed by atoms with Crippen molar-refractivity contribution in [1.29, 1.82) is 0 Å². The summed E-state index contributed by atoms with van der Waals surface area (Å²) in [7, 11) is 0. The molecule has 4 aromatic rings. The number of hydrogen-bond acceptors (Lipinski definition) is 3. The van der Waals surface area contributed by atoms with Gasteiger partial charge >= 0.3 is 0 Å². The zero-order valence-corrected chi connectivity index (χ0v) is 15.8. The van der Waals surface area contributed by atoms with E-state index in [2.05, 4.69) is 15.5 Å². The van der Waals surface area contributed by atoms with Crippen LogP contribution >= 0.6 is 0 Å². The lowest BCUT2D eigenvalue weighted by molar-refractivity contribution is 0.102. The van der Waals surface area contributed by atoms with E-state index in [1.165, 1.54) is 5.56 Å². The molecule has 140 valence electrons. The second kappa shape index (κ2) is 7.52. The molecule has 0 radical (unpaired) electrons. The molecule has 2 heterocycles. The maximum absolute atomic E-state index is 12.7. The molecule has 0 unspecified atom stereocenters. The minimum atomic E-state index is -0.215. The second-order valence-corrected chi connectivity index (χ2v) is 6.78. The zero-order valence-electron chi connectivity index (χ0n) is 15.8. The van der Waals surface area contributed by atoms with E-state index < -0.39 is 0 Å². The Kier molecular flexibility index (Phi) is 4.76. The zero-order chi connectivity index (χ0) is 19.5.